The molecule has 0 aliphatic carbocycles. The molecular formula is C32H37Cl2N5O3S. The van der Waals surface area contributed by atoms with Crippen LogP contribution in [-0.2, 0) is 4.79 Å². The minimum atomic E-state index is -0.423. The van der Waals surface area contributed by atoms with Gasteiger partial charge in [0.25, 0.3) is 0 Å². The number of carbonyl (C=O) groups is 2. The van der Waals surface area contributed by atoms with Gasteiger partial charge in [0.05, 0.1) is 19.2 Å². The first-order valence-electron chi connectivity index (χ1n) is 14.4. The third-order valence-corrected chi connectivity index (χ3v) is 8.75. The molecule has 5 rings (SSSR count). The van der Waals surface area contributed by atoms with Crippen LogP contribution < -0.4 is 10.1 Å². The van der Waals surface area contributed by atoms with Crippen molar-refractivity contribution in [3.8, 4) is 5.75 Å². The highest BCUT2D eigenvalue weighted by Crippen LogP contribution is 2.46. The van der Waals surface area contributed by atoms with Crippen molar-refractivity contribution in [2.75, 3.05) is 39.3 Å². The summed E-state index contributed by atoms with van der Waals surface area (Å²) in [7, 11) is 0. The van der Waals surface area contributed by atoms with Gasteiger partial charge in [-0.1, -0.05) is 47.5 Å². The van der Waals surface area contributed by atoms with Crippen molar-refractivity contribution in [2.45, 2.75) is 45.3 Å². The lowest BCUT2D eigenvalue weighted by molar-refractivity contribution is -0.124. The summed E-state index contributed by atoms with van der Waals surface area (Å²) in [6, 6.07) is 16.2. The summed E-state index contributed by atoms with van der Waals surface area (Å²) in [6.07, 6.45) is 0. The van der Waals surface area contributed by atoms with Crippen molar-refractivity contribution in [1.82, 2.24) is 20.0 Å². The predicted octanol–water partition coefficient (Wildman–Crippen LogP) is 6.65. The van der Waals surface area contributed by atoms with Crippen LogP contribution in [-0.4, -0.2) is 77.3 Å². The fraction of sp³-hybridized carbons (Fsp3) is 0.406. The first-order valence-corrected chi connectivity index (χ1v) is 16.1. The standard InChI is InChI=1S/C32H37Cl2N5O3S/c1-5-42-25-14-19-43-29(25)30-35-27(21-6-10-23(33)11-7-21)28(22-8-12-24(34)13-9-22)39(30)31(41)38-17-15-37(16-18-38)20-26(40)36-32(2,3)4/h6-14,19,27-28H,5,15-18,20H2,1-4H3,(H,36,40)/t27-,28+/m0/s1. The second kappa shape index (κ2) is 13.3. The average Bonchev–Trinajstić information content (AvgIpc) is 3.58. The first kappa shape index (κ1) is 31.3. The number of hydrogen-bond donors (Lipinski definition) is 1. The Morgan fingerprint density at radius 2 is 1.56 bits per heavy atom. The number of piperazine rings is 1. The van der Waals surface area contributed by atoms with Crippen molar-refractivity contribution >= 4 is 52.3 Å². The summed E-state index contributed by atoms with van der Waals surface area (Å²) in [4.78, 5) is 38.9. The number of aliphatic imine (C=N–C) groups is 1. The van der Waals surface area contributed by atoms with E-state index >= 15 is 0 Å². The summed E-state index contributed by atoms with van der Waals surface area (Å²) >= 11 is 14.0. The number of thiophene rings is 1. The highest BCUT2D eigenvalue weighted by Gasteiger charge is 2.45. The van der Waals surface area contributed by atoms with Gasteiger partial charge < -0.3 is 15.0 Å². The molecule has 0 bridgehead atoms. The van der Waals surface area contributed by atoms with Gasteiger partial charge in [0.15, 0.2) is 5.84 Å². The highest BCUT2D eigenvalue weighted by atomic mass is 35.5. The van der Waals surface area contributed by atoms with E-state index in [-0.39, 0.29) is 23.5 Å². The molecule has 0 spiro atoms. The van der Waals surface area contributed by atoms with Gasteiger partial charge in [-0.25, -0.2) is 4.79 Å². The lowest BCUT2D eigenvalue weighted by Gasteiger charge is -2.39. The Labute approximate surface area is 267 Å². The molecule has 1 saturated heterocycles. The molecule has 1 aromatic heterocycles. The highest BCUT2D eigenvalue weighted by molar-refractivity contribution is 7.12. The van der Waals surface area contributed by atoms with Crippen LogP contribution in [0.2, 0.25) is 10.0 Å². The van der Waals surface area contributed by atoms with Crippen molar-refractivity contribution in [2.24, 2.45) is 4.99 Å². The molecule has 3 aromatic rings. The van der Waals surface area contributed by atoms with Crippen LogP contribution in [0.3, 0.4) is 0 Å². The van der Waals surface area contributed by atoms with Crippen LogP contribution in [0.4, 0.5) is 4.79 Å². The third-order valence-electron chi connectivity index (χ3n) is 7.35. The Morgan fingerprint density at radius 1 is 0.953 bits per heavy atom. The largest absolute Gasteiger partial charge is 0.492 e. The van der Waals surface area contributed by atoms with Gasteiger partial charge >= 0.3 is 6.03 Å². The maximum atomic E-state index is 14.6. The molecule has 1 fully saturated rings. The quantitative estimate of drug-likeness (QED) is 0.313. The zero-order valence-corrected chi connectivity index (χ0v) is 27.2. The van der Waals surface area contributed by atoms with Crippen LogP contribution in [0.25, 0.3) is 0 Å². The van der Waals surface area contributed by atoms with Crippen LogP contribution in [0.15, 0.2) is 65.0 Å². The Morgan fingerprint density at radius 3 is 2.14 bits per heavy atom. The number of rotatable bonds is 7. The van der Waals surface area contributed by atoms with E-state index in [2.05, 4.69) is 10.2 Å². The second-order valence-corrected chi connectivity index (χ2v) is 13.5. The van der Waals surface area contributed by atoms with Crippen molar-refractivity contribution in [1.29, 1.82) is 0 Å². The van der Waals surface area contributed by atoms with Gasteiger partial charge in [-0.2, -0.15) is 0 Å². The Bertz CT molecular complexity index is 1460. The number of amides is 3. The SMILES string of the molecule is CCOc1ccsc1C1=N[C@@H](c2ccc(Cl)cc2)[C@@H](c2ccc(Cl)cc2)N1C(=O)N1CCN(CC(=O)NC(C)(C)C)CC1. The Kier molecular flexibility index (Phi) is 9.66. The fourth-order valence-corrected chi connectivity index (χ4v) is 6.54. The number of halogens is 2. The molecule has 2 atom stereocenters. The molecular weight excluding hydrogens is 605 g/mol. The lowest BCUT2D eigenvalue weighted by Crippen LogP contribution is -2.56. The normalized spacial score (nSPS) is 19.3. The molecule has 0 saturated carbocycles. The van der Waals surface area contributed by atoms with Gasteiger partial charge in [-0.05, 0) is 74.5 Å². The molecule has 3 amide bonds. The Balaban J connectivity index is 1.48. The van der Waals surface area contributed by atoms with Gasteiger partial charge in [-0.15, -0.1) is 11.3 Å². The topological polar surface area (TPSA) is 77.5 Å². The zero-order chi connectivity index (χ0) is 30.7. The Hall–Kier alpha value is -3.11. The van der Waals surface area contributed by atoms with Crippen LogP contribution in [0.5, 0.6) is 5.75 Å². The number of hydrogen-bond acceptors (Lipinski definition) is 6. The fourth-order valence-electron chi connectivity index (χ4n) is 5.46. The van der Waals surface area contributed by atoms with E-state index < -0.39 is 6.04 Å². The first-order chi connectivity index (χ1) is 20.5. The van der Waals surface area contributed by atoms with E-state index in [0.717, 1.165) is 16.0 Å². The molecule has 228 valence electrons. The van der Waals surface area contributed by atoms with Crippen molar-refractivity contribution in [3.05, 3.63) is 86.0 Å². The smallest absolute Gasteiger partial charge is 0.326 e. The number of nitrogens with zero attached hydrogens (tertiary/aromatic N) is 4. The van der Waals surface area contributed by atoms with Gasteiger partial charge in [-0.3, -0.25) is 19.6 Å². The minimum absolute atomic E-state index is 0.0176. The van der Waals surface area contributed by atoms with Crippen LogP contribution in [0.1, 0.15) is 55.8 Å². The van der Waals surface area contributed by atoms with Crippen molar-refractivity contribution < 1.29 is 14.3 Å². The maximum absolute atomic E-state index is 14.6. The van der Waals surface area contributed by atoms with E-state index in [4.69, 9.17) is 32.9 Å². The number of ether oxygens (including phenoxy) is 1. The summed E-state index contributed by atoms with van der Waals surface area (Å²) in [6.45, 7) is 10.8. The molecule has 2 aliphatic heterocycles. The second-order valence-electron chi connectivity index (χ2n) is 11.7. The lowest BCUT2D eigenvalue weighted by atomic mass is 9.94. The third kappa shape index (κ3) is 7.34. The number of urea groups is 1. The molecule has 11 heteroatoms. The minimum Gasteiger partial charge on any atom is -0.492 e. The van der Waals surface area contributed by atoms with Crippen LogP contribution >= 0.6 is 34.5 Å². The predicted molar refractivity (Wildman–Crippen MR) is 174 cm³/mol. The van der Waals surface area contributed by atoms with Gasteiger partial charge in [0.1, 0.15) is 16.7 Å². The van der Waals surface area contributed by atoms with E-state index in [0.29, 0.717) is 61.0 Å². The van der Waals surface area contributed by atoms with Crippen molar-refractivity contribution in [3.63, 3.8) is 0 Å². The van der Waals surface area contributed by atoms with E-state index in [1.807, 2.05) is 97.5 Å². The van der Waals surface area contributed by atoms with Gasteiger partial charge in [0, 0.05) is 41.8 Å². The zero-order valence-electron chi connectivity index (χ0n) is 24.8. The molecule has 2 aromatic carbocycles. The number of amidine groups is 1. The van der Waals surface area contributed by atoms with Gasteiger partial charge in [0.2, 0.25) is 5.91 Å². The molecule has 2 aliphatic rings. The summed E-state index contributed by atoms with van der Waals surface area (Å²) in [5.41, 5.74) is 1.57. The molecule has 3 heterocycles. The molecule has 43 heavy (non-hydrogen) atoms. The average molecular weight is 643 g/mol. The summed E-state index contributed by atoms with van der Waals surface area (Å²) in [5.74, 6) is 1.26. The van der Waals surface area contributed by atoms with E-state index in [9.17, 15) is 9.59 Å². The van der Waals surface area contributed by atoms with Crippen LogP contribution in [0, 0.1) is 0 Å². The molecule has 0 unspecified atom stereocenters. The molecule has 1 N–H and O–H groups in total. The summed E-state index contributed by atoms with van der Waals surface area (Å²) < 4.78 is 5.96. The van der Waals surface area contributed by atoms with E-state index in [1.165, 1.54) is 11.3 Å². The monoisotopic (exact) mass is 641 g/mol. The molecule has 0 radical (unpaired) electrons. The van der Waals surface area contributed by atoms with E-state index in [1.54, 1.807) is 0 Å². The number of nitrogens with one attached hydrogen (secondary N) is 1. The number of benzene rings is 2. The summed E-state index contributed by atoms with van der Waals surface area (Å²) in [5, 5.41) is 6.23. The maximum Gasteiger partial charge on any atom is 0.326 e. The molecule has 8 nitrogen and oxygen atoms in total. The number of carbonyl (C=O) groups excluding carboxylic acids is 2.